The van der Waals surface area contributed by atoms with Gasteiger partial charge in [0.05, 0.1) is 17.8 Å². The summed E-state index contributed by atoms with van der Waals surface area (Å²) >= 11 is 1.53. The second-order valence-electron chi connectivity index (χ2n) is 12.5. The Morgan fingerprint density at radius 1 is 1.10 bits per heavy atom. The number of likely N-dealkylation sites (tertiary alicyclic amines) is 1. The van der Waals surface area contributed by atoms with E-state index in [4.69, 9.17) is 4.42 Å². The zero-order chi connectivity index (χ0) is 35.4. The van der Waals surface area contributed by atoms with Crippen LogP contribution in [-0.4, -0.2) is 44.4 Å². The number of thiazole rings is 1. The maximum atomic E-state index is 14.0. The number of hydrogen-bond acceptors (Lipinski definition) is 8. The molecule has 3 aromatic carbocycles. The first-order valence-electron chi connectivity index (χ1n) is 16.2. The molecule has 1 aliphatic rings. The number of phenolic OH excluding ortho intramolecular Hbond substituents is 1. The van der Waals surface area contributed by atoms with Crippen molar-refractivity contribution < 1.29 is 32.3 Å². The number of carbonyl (C=O) groups excluding carboxylic acids is 2. The molecular formula is C37H36F3N5O4S. The van der Waals surface area contributed by atoms with Crippen LogP contribution in [0.25, 0.3) is 11.5 Å². The highest BCUT2D eigenvalue weighted by atomic mass is 32.1. The van der Waals surface area contributed by atoms with Crippen molar-refractivity contribution in [2.24, 2.45) is 0 Å². The third-order valence-electron chi connectivity index (χ3n) is 8.60. The smallest absolute Gasteiger partial charge is 0.416 e. The summed E-state index contributed by atoms with van der Waals surface area (Å²) in [5.41, 5.74) is 2.33. The van der Waals surface area contributed by atoms with Gasteiger partial charge in [0, 0.05) is 52.9 Å². The Morgan fingerprint density at radius 3 is 2.62 bits per heavy atom. The molecule has 2 amide bonds. The lowest BCUT2D eigenvalue weighted by molar-refractivity contribution is -0.137. The van der Waals surface area contributed by atoms with Crippen LogP contribution in [0.3, 0.4) is 0 Å². The number of aromatic hydroxyl groups is 1. The van der Waals surface area contributed by atoms with Gasteiger partial charge in [-0.15, -0.1) is 11.3 Å². The molecule has 3 N–H and O–H groups in total. The molecule has 1 fully saturated rings. The third kappa shape index (κ3) is 8.23. The van der Waals surface area contributed by atoms with Gasteiger partial charge in [-0.3, -0.25) is 9.59 Å². The Hall–Kier alpha value is -5.01. The molecule has 1 unspecified atom stereocenters. The summed E-state index contributed by atoms with van der Waals surface area (Å²) in [7, 11) is 0. The number of aryl methyl sites for hydroxylation is 1. The Labute approximate surface area is 291 Å². The van der Waals surface area contributed by atoms with Crippen molar-refractivity contribution in [1.29, 1.82) is 0 Å². The topological polar surface area (TPSA) is 121 Å². The number of alkyl halides is 3. The van der Waals surface area contributed by atoms with E-state index in [-0.39, 0.29) is 35.7 Å². The van der Waals surface area contributed by atoms with E-state index in [1.165, 1.54) is 35.9 Å². The Bertz CT molecular complexity index is 1960. The van der Waals surface area contributed by atoms with Crippen molar-refractivity contribution in [2.75, 3.05) is 6.54 Å². The molecule has 9 nitrogen and oxygen atoms in total. The van der Waals surface area contributed by atoms with Crippen LogP contribution in [0.5, 0.6) is 5.75 Å². The number of oxazole rings is 1. The quantitative estimate of drug-likeness (QED) is 0.128. The standard InChI is InChI=1S/C37H36F3N5O4S/c1-22(14-31(25-7-4-9-30(46)19-25)42-20-24-6-3-8-29(15-24)37(38,39)40)43-33(47)26-16-27(34-41-11-13-49-34)18-28(17-26)36(48)45-12-5-10-32(45)35-44-23(2)21-50-35/h3-4,6-9,11,13,15-19,21-22,31-32,42,46H,5,10,12,14,20H2,1-2H3,(H,43,47)/t22-,31?,32+/m0/s1. The average molecular weight is 704 g/mol. The molecule has 0 bridgehead atoms. The predicted molar refractivity (Wildman–Crippen MR) is 182 cm³/mol. The number of halogens is 3. The van der Waals surface area contributed by atoms with Crippen LogP contribution in [0.15, 0.2) is 89.0 Å². The summed E-state index contributed by atoms with van der Waals surface area (Å²) in [6, 6.07) is 15.5. The van der Waals surface area contributed by atoms with Gasteiger partial charge in [0.25, 0.3) is 11.8 Å². The fraction of sp³-hybridized carbons (Fsp3) is 0.297. The van der Waals surface area contributed by atoms with Crippen LogP contribution in [0, 0.1) is 6.92 Å². The molecule has 3 heterocycles. The highest BCUT2D eigenvalue weighted by Crippen LogP contribution is 2.36. The van der Waals surface area contributed by atoms with Gasteiger partial charge in [-0.1, -0.05) is 30.3 Å². The van der Waals surface area contributed by atoms with Gasteiger partial charge in [-0.05, 0) is 80.6 Å². The van der Waals surface area contributed by atoms with Crippen LogP contribution in [0.4, 0.5) is 13.2 Å². The molecule has 2 aromatic heterocycles. The lowest BCUT2D eigenvalue weighted by atomic mass is 9.98. The molecule has 0 radical (unpaired) electrons. The van der Waals surface area contributed by atoms with E-state index in [9.17, 15) is 27.9 Å². The van der Waals surface area contributed by atoms with Gasteiger partial charge in [-0.25, -0.2) is 9.97 Å². The van der Waals surface area contributed by atoms with Crippen molar-refractivity contribution in [3.63, 3.8) is 0 Å². The first kappa shape index (κ1) is 34.8. The van der Waals surface area contributed by atoms with Crippen molar-refractivity contribution in [2.45, 2.75) is 64.0 Å². The van der Waals surface area contributed by atoms with E-state index in [1.54, 1.807) is 47.4 Å². The van der Waals surface area contributed by atoms with Gasteiger partial charge in [0.1, 0.15) is 17.0 Å². The number of nitrogens with zero attached hydrogens (tertiary/aromatic N) is 3. The average Bonchev–Trinajstić information content (AvgIpc) is 3.88. The number of benzene rings is 3. The monoisotopic (exact) mass is 703 g/mol. The SMILES string of the molecule is Cc1csc([C@H]2CCCN2C(=O)c2cc(C(=O)N[C@@H](C)CC(NCc3cccc(C(F)(F)F)c3)c3cccc(O)c3)cc(-c3ncco3)c2)n1. The zero-order valence-corrected chi connectivity index (χ0v) is 28.2. The van der Waals surface area contributed by atoms with Crippen LogP contribution in [0.2, 0.25) is 0 Å². The minimum absolute atomic E-state index is 0.0378. The Balaban J connectivity index is 1.22. The minimum Gasteiger partial charge on any atom is -0.508 e. The number of phenols is 1. The summed E-state index contributed by atoms with van der Waals surface area (Å²) in [5.74, 6) is -0.353. The van der Waals surface area contributed by atoms with Gasteiger partial charge in [0.15, 0.2) is 0 Å². The fourth-order valence-electron chi connectivity index (χ4n) is 6.23. The van der Waals surface area contributed by atoms with Crippen LogP contribution in [0.1, 0.15) is 86.4 Å². The van der Waals surface area contributed by atoms with Crippen LogP contribution in [-0.2, 0) is 12.7 Å². The third-order valence-corrected chi connectivity index (χ3v) is 9.67. The summed E-state index contributed by atoms with van der Waals surface area (Å²) in [6.07, 6.45) is 0.404. The van der Waals surface area contributed by atoms with Gasteiger partial charge in [0.2, 0.25) is 5.89 Å². The molecule has 3 atom stereocenters. The van der Waals surface area contributed by atoms with Crippen LogP contribution < -0.4 is 10.6 Å². The van der Waals surface area contributed by atoms with Crippen molar-refractivity contribution in [3.8, 4) is 17.2 Å². The number of nitrogens with one attached hydrogen (secondary N) is 2. The first-order chi connectivity index (χ1) is 23.9. The second kappa shape index (κ2) is 14.9. The molecule has 0 aliphatic carbocycles. The Kier molecular flexibility index (Phi) is 10.3. The predicted octanol–water partition coefficient (Wildman–Crippen LogP) is 7.85. The maximum absolute atomic E-state index is 14.0. The van der Waals surface area contributed by atoms with Gasteiger partial charge in [-0.2, -0.15) is 13.2 Å². The molecule has 1 aliphatic heterocycles. The highest BCUT2D eigenvalue weighted by molar-refractivity contribution is 7.09. The number of aromatic nitrogens is 2. The summed E-state index contributed by atoms with van der Waals surface area (Å²) in [6.45, 7) is 4.42. The molecule has 13 heteroatoms. The van der Waals surface area contributed by atoms with Crippen molar-refractivity contribution in [1.82, 2.24) is 25.5 Å². The number of hydrogen-bond donors (Lipinski definition) is 3. The number of carbonyl (C=O) groups is 2. The lowest BCUT2D eigenvalue weighted by Crippen LogP contribution is -2.36. The summed E-state index contributed by atoms with van der Waals surface area (Å²) < 4.78 is 45.5. The van der Waals surface area contributed by atoms with E-state index in [2.05, 4.69) is 20.6 Å². The van der Waals surface area contributed by atoms with E-state index in [0.717, 1.165) is 35.7 Å². The maximum Gasteiger partial charge on any atom is 0.416 e. The lowest BCUT2D eigenvalue weighted by Gasteiger charge is -2.25. The summed E-state index contributed by atoms with van der Waals surface area (Å²) in [4.78, 5) is 38.4. The molecule has 5 aromatic rings. The van der Waals surface area contributed by atoms with Gasteiger partial charge >= 0.3 is 6.18 Å². The number of rotatable bonds is 11. The van der Waals surface area contributed by atoms with Crippen molar-refractivity contribution >= 4 is 23.2 Å². The second-order valence-corrected chi connectivity index (χ2v) is 13.3. The van der Waals surface area contributed by atoms with E-state index < -0.39 is 29.7 Å². The summed E-state index contributed by atoms with van der Waals surface area (Å²) in [5, 5.41) is 19.3. The molecule has 50 heavy (non-hydrogen) atoms. The first-order valence-corrected chi connectivity index (χ1v) is 17.1. The zero-order valence-electron chi connectivity index (χ0n) is 27.4. The molecule has 6 rings (SSSR count). The molecule has 1 saturated heterocycles. The molecule has 0 spiro atoms. The minimum atomic E-state index is -4.47. The molecular weight excluding hydrogens is 667 g/mol. The highest BCUT2D eigenvalue weighted by Gasteiger charge is 2.33. The number of amides is 2. The van der Waals surface area contributed by atoms with E-state index in [1.807, 2.05) is 19.2 Å². The normalized spacial score (nSPS) is 15.9. The van der Waals surface area contributed by atoms with E-state index >= 15 is 0 Å². The van der Waals surface area contributed by atoms with Crippen LogP contribution >= 0.6 is 11.3 Å². The molecule has 0 saturated carbocycles. The van der Waals surface area contributed by atoms with E-state index in [0.29, 0.717) is 35.2 Å². The Morgan fingerprint density at radius 2 is 1.90 bits per heavy atom. The van der Waals surface area contributed by atoms with Crippen molar-refractivity contribution in [3.05, 3.63) is 123 Å². The largest absolute Gasteiger partial charge is 0.508 e. The fourth-order valence-corrected chi connectivity index (χ4v) is 7.17. The molecule has 260 valence electrons. The van der Waals surface area contributed by atoms with Gasteiger partial charge < -0.3 is 25.1 Å².